The van der Waals surface area contributed by atoms with Gasteiger partial charge in [0.15, 0.2) is 0 Å². The molecule has 2 aromatic carbocycles. The summed E-state index contributed by atoms with van der Waals surface area (Å²) in [5.74, 6) is 0. The first kappa shape index (κ1) is 13.1. The number of allylic oxidation sites excluding steroid dienone is 2. The molecule has 1 N–H and O–H groups in total. The van der Waals surface area contributed by atoms with Crippen LogP contribution >= 0.6 is 11.3 Å². The minimum absolute atomic E-state index is 0.896. The van der Waals surface area contributed by atoms with E-state index >= 15 is 0 Å². The summed E-state index contributed by atoms with van der Waals surface area (Å²) in [6.45, 7) is 4.15. The van der Waals surface area contributed by atoms with Crippen LogP contribution in [0, 0.1) is 12.3 Å². The Labute approximate surface area is 123 Å². The normalized spacial score (nSPS) is 12.2. The zero-order chi connectivity index (χ0) is 14.1. The van der Waals surface area contributed by atoms with Crippen molar-refractivity contribution in [3.05, 3.63) is 59.2 Å². The van der Waals surface area contributed by atoms with Crippen LogP contribution in [0.2, 0.25) is 0 Å². The zero-order valence-corrected chi connectivity index (χ0v) is 12.6. The largest absolute Gasteiger partial charge is 0.308 e. The van der Waals surface area contributed by atoms with Gasteiger partial charge in [-0.05, 0) is 55.2 Å². The minimum Gasteiger partial charge on any atom is -0.308 e. The third-order valence-corrected chi connectivity index (χ3v) is 4.84. The van der Waals surface area contributed by atoms with Crippen molar-refractivity contribution in [3.8, 4) is 0 Å². The standard InChI is InChI=1S/C18H17NS/c1-12(11-19)7-8-14-10-16-15-5-3-4-6-17(15)20-18(16)9-13(14)2/h3-7,9-11,19H,8H2,1-2H3/b12-7-,19-11?. The van der Waals surface area contributed by atoms with Crippen molar-refractivity contribution in [3.63, 3.8) is 0 Å². The maximum absolute atomic E-state index is 7.25. The third-order valence-electron chi connectivity index (χ3n) is 3.71. The van der Waals surface area contributed by atoms with E-state index in [1.54, 1.807) is 0 Å². The molecule has 0 fully saturated rings. The van der Waals surface area contributed by atoms with Gasteiger partial charge in [0, 0.05) is 26.4 Å². The van der Waals surface area contributed by atoms with Gasteiger partial charge < -0.3 is 5.41 Å². The van der Waals surface area contributed by atoms with Crippen LogP contribution in [-0.2, 0) is 6.42 Å². The van der Waals surface area contributed by atoms with Gasteiger partial charge in [0.25, 0.3) is 0 Å². The van der Waals surface area contributed by atoms with Crippen molar-refractivity contribution in [1.29, 1.82) is 5.41 Å². The highest BCUT2D eigenvalue weighted by molar-refractivity contribution is 7.25. The molecule has 1 heterocycles. The highest BCUT2D eigenvalue weighted by atomic mass is 32.1. The summed E-state index contributed by atoms with van der Waals surface area (Å²) >= 11 is 1.86. The topological polar surface area (TPSA) is 23.9 Å². The molecule has 0 bridgehead atoms. The number of fused-ring (bicyclic) bond motifs is 3. The molecule has 0 spiro atoms. The van der Waals surface area contributed by atoms with Gasteiger partial charge in [-0.25, -0.2) is 0 Å². The van der Waals surface area contributed by atoms with Gasteiger partial charge >= 0.3 is 0 Å². The van der Waals surface area contributed by atoms with E-state index in [1.807, 2.05) is 18.3 Å². The molecule has 1 nitrogen and oxygen atoms in total. The lowest BCUT2D eigenvalue weighted by Gasteiger charge is -2.04. The lowest BCUT2D eigenvalue weighted by atomic mass is 10.0. The first-order valence-corrected chi connectivity index (χ1v) is 7.58. The summed E-state index contributed by atoms with van der Waals surface area (Å²) < 4.78 is 2.71. The number of benzene rings is 2. The predicted molar refractivity (Wildman–Crippen MR) is 90.3 cm³/mol. The summed E-state index contributed by atoms with van der Waals surface area (Å²) in [4.78, 5) is 0. The van der Waals surface area contributed by atoms with E-state index < -0.39 is 0 Å². The highest BCUT2D eigenvalue weighted by Gasteiger charge is 2.07. The Bertz CT molecular complexity index is 824. The molecule has 20 heavy (non-hydrogen) atoms. The van der Waals surface area contributed by atoms with Crippen molar-refractivity contribution >= 4 is 37.7 Å². The molecule has 100 valence electrons. The summed E-state index contributed by atoms with van der Waals surface area (Å²) in [6.07, 6.45) is 4.43. The SMILES string of the molecule is C/C(C=N)=C/Cc1cc2c(cc1C)sc1ccccc12. The van der Waals surface area contributed by atoms with Crippen LogP contribution in [0.5, 0.6) is 0 Å². The molecule has 0 unspecified atom stereocenters. The van der Waals surface area contributed by atoms with Crippen LogP contribution in [0.1, 0.15) is 18.1 Å². The Kier molecular flexibility index (Phi) is 3.41. The number of thiophene rings is 1. The maximum Gasteiger partial charge on any atom is 0.0358 e. The molecule has 0 aliphatic rings. The van der Waals surface area contributed by atoms with Crippen molar-refractivity contribution in [1.82, 2.24) is 0 Å². The van der Waals surface area contributed by atoms with E-state index in [0.717, 1.165) is 12.0 Å². The van der Waals surface area contributed by atoms with Crippen LogP contribution in [0.4, 0.5) is 0 Å². The molecule has 1 aromatic heterocycles. The fourth-order valence-corrected chi connectivity index (χ4v) is 3.65. The van der Waals surface area contributed by atoms with Gasteiger partial charge in [-0.1, -0.05) is 24.3 Å². The summed E-state index contributed by atoms with van der Waals surface area (Å²) in [7, 11) is 0. The van der Waals surface area contributed by atoms with Crippen molar-refractivity contribution in [2.24, 2.45) is 0 Å². The highest BCUT2D eigenvalue weighted by Crippen LogP contribution is 2.35. The fourth-order valence-electron chi connectivity index (χ4n) is 2.47. The quantitative estimate of drug-likeness (QED) is 0.612. The molecule has 3 rings (SSSR count). The first-order valence-electron chi connectivity index (χ1n) is 6.77. The van der Waals surface area contributed by atoms with Gasteiger partial charge in [0.05, 0.1) is 0 Å². The number of hydrogen-bond donors (Lipinski definition) is 1. The van der Waals surface area contributed by atoms with E-state index in [9.17, 15) is 0 Å². The maximum atomic E-state index is 7.25. The van der Waals surface area contributed by atoms with E-state index in [-0.39, 0.29) is 0 Å². The van der Waals surface area contributed by atoms with Crippen LogP contribution < -0.4 is 0 Å². The van der Waals surface area contributed by atoms with Crippen LogP contribution in [0.15, 0.2) is 48.0 Å². The number of nitrogens with one attached hydrogen (secondary N) is 1. The van der Waals surface area contributed by atoms with E-state index in [2.05, 4.69) is 49.4 Å². The number of aryl methyl sites for hydroxylation is 1. The lowest BCUT2D eigenvalue weighted by Crippen LogP contribution is -1.88. The molecule has 0 saturated carbocycles. The molecular formula is C18H17NS. The summed E-state index contributed by atoms with van der Waals surface area (Å²) in [5, 5.41) is 9.95. The van der Waals surface area contributed by atoms with E-state index in [4.69, 9.17) is 5.41 Å². The minimum atomic E-state index is 0.896. The molecule has 0 atom stereocenters. The van der Waals surface area contributed by atoms with Crippen molar-refractivity contribution < 1.29 is 0 Å². The Balaban J connectivity index is 2.16. The Hall–Kier alpha value is -1.93. The van der Waals surface area contributed by atoms with Gasteiger partial charge in [0.1, 0.15) is 0 Å². The van der Waals surface area contributed by atoms with Gasteiger partial charge in [-0.15, -0.1) is 11.3 Å². The Morgan fingerprint density at radius 3 is 2.75 bits per heavy atom. The van der Waals surface area contributed by atoms with Crippen LogP contribution in [0.25, 0.3) is 20.2 Å². The van der Waals surface area contributed by atoms with Crippen LogP contribution in [0.3, 0.4) is 0 Å². The van der Waals surface area contributed by atoms with Gasteiger partial charge in [0.2, 0.25) is 0 Å². The van der Waals surface area contributed by atoms with Crippen LogP contribution in [-0.4, -0.2) is 6.21 Å². The smallest absolute Gasteiger partial charge is 0.0358 e. The lowest BCUT2D eigenvalue weighted by molar-refractivity contribution is 1.21. The summed E-state index contributed by atoms with van der Waals surface area (Å²) in [6, 6.07) is 13.2. The molecule has 0 aliphatic carbocycles. The Morgan fingerprint density at radius 2 is 1.95 bits per heavy atom. The molecule has 2 heteroatoms. The molecule has 0 saturated heterocycles. The average Bonchev–Trinajstić information content (AvgIpc) is 2.81. The van der Waals surface area contributed by atoms with Crippen molar-refractivity contribution in [2.45, 2.75) is 20.3 Å². The molecule has 0 amide bonds. The third kappa shape index (κ3) is 2.27. The number of hydrogen-bond acceptors (Lipinski definition) is 2. The Morgan fingerprint density at radius 1 is 1.15 bits per heavy atom. The van der Waals surface area contributed by atoms with E-state index in [0.29, 0.717) is 0 Å². The predicted octanol–water partition coefficient (Wildman–Crippen LogP) is 5.50. The second-order valence-corrected chi connectivity index (χ2v) is 6.25. The van der Waals surface area contributed by atoms with Gasteiger partial charge in [-0.3, -0.25) is 0 Å². The van der Waals surface area contributed by atoms with Crippen molar-refractivity contribution in [2.75, 3.05) is 0 Å². The first-order chi connectivity index (χ1) is 9.69. The zero-order valence-electron chi connectivity index (χ0n) is 11.7. The average molecular weight is 279 g/mol. The molecular weight excluding hydrogens is 262 g/mol. The monoisotopic (exact) mass is 279 g/mol. The second-order valence-electron chi connectivity index (χ2n) is 5.17. The van der Waals surface area contributed by atoms with Gasteiger partial charge in [-0.2, -0.15) is 0 Å². The summed E-state index contributed by atoms with van der Waals surface area (Å²) in [5.41, 5.74) is 3.69. The molecule has 0 aliphatic heterocycles. The fraction of sp³-hybridized carbons (Fsp3) is 0.167. The molecule has 0 radical (unpaired) electrons. The second kappa shape index (κ2) is 5.22. The number of rotatable bonds is 3. The molecule has 3 aromatic rings. The van der Waals surface area contributed by atoms with E-state index in [1.165, 1.54) is 37.5 Å².